The number of piperazine rings is 1. The number of hydrogen-bond acceptors (Lipinski definition) is 8. The van der Waals surface area contributed by atoms with Crippen LogP contribution in [0.15, 0.2) is 36.4 Å². The molecule has 4 saturated heterocycles. The zero-order valence-corrected chi connectivity index (χ0v) is 23.7. The van der Waals surface area contributed by atoms with E-state index < -0.39 is 17.5 Å². The average Bonchev–Trinajstić information content (AvgIpc) is 3.63. The molecule has 4 aliphatic rings. The van der Waals surface area contributed by atoms with E-state index in [0.29, 0.717) is 54.9 Å². The quantitative estimate of drug-likeness (QED) is 0.304. The van der Waals surface area contributed by atoms with Crippen LogP contribution in [0.25, 0.3) is 32.9 Å². The first-order valence-electron chi connectivity index (χ1n) is 14.7. The number of halogens is 3. The Morgan fingerprint density at radius 1 is 1.10 bits per heavy atom. The van der Waals surface area contributed by atoms with Crippen molar-refractivity contribution in [1.82, 2.24) is 25.2 Å². The standard InChI is InChI=1S/C31H31ClF2N6O2/c32-28-24-27(25(34)26(36-28)23-11-21(41)10-17-4-1-2-5-22(17)23)37-30(38-29(24)39-14-19-6-7-20(15-39)35-19)42-16-31-8-3-9-40(31)13-18(33)12-31/h1-2,4-5,10-11,18-20,35,41H,3,6-9,12-16H2/t18-,19?,20?,31+/m1/s1. The summed E-state index contributed by atoms with van der Waals surface area (Å²) in [5, 5.41) is 16.0. The number of ether oxygens (including phenoxy) is 1. The second-order valence-electron chi connectivity index (χ2n) is 12.2. The molecule has 2 aromatic carbocycles. The number of phenolic OH excluding ortho intramolecular Hbond substituents is 1. The molecule has 2 aromatic heterocycles. The first-order valence-corrected chi connectivity index (χ1v) is 15.1. The van der Waals surface area contributed by atoms with Gasteiger partial charge >= 0.3 is 6.01 Å². The van der Waals surface area contributed by atoms with Crippen LogP contribution in [0.5, 0.6) is 11.8 Å². The highest BCUT2D eigenvalue weighted by Crippen LogP contribution is 2.42. The number of rotatable bonds is 5. The maximum absolute atomic E-state index is 16.7. The molecule has 6 heterocycles. The fourth-order valence-electron chi connectivity index (χ4n) is 7.67. The average molecular weight is 593 g/mol. The fourth-order valence-corrected chi connectivity index (χ4v) is 7.93. The molecular weight excluding hydrogens is 562 g/mol. The number of aromatic nitrogens is 3. The van der Waals surface area contributed by atoms with Gasteiger partial charge in [-0.05, 0) is 55.1 Å². The molecule has 4 aromatic rings. The Labute approximate surface area is 246 Å². The number of phenols is 1. The Bertz CT molecular complexity index is 1710. The van der Waals surface area contributed by atoms with Crippen LogP contribution in [0.1, 0.15) is 32.1 Å². The van der Waals surface area contributed by atoms with E-state index in [1.54, 1.807) is 6.07 Å². The summed E-state index contributed by atoms with van der Waals surface area (Å²) in [6.07, 6.45) is 3.47. The maximum atomic E-state index is 16.7. The van der Waals surface area contributed by atoms with Gasteiger partial charge in [-0.2, -0.15) is 9.97 Å². The van der Waals surface area contributed by atoms with Crippen molar-refractivity contribution < 1.29 is 18.6 Å². The van der Waals surface area contributed by atoms with Crippen LogP contribution in [-0.2, 0) is 0 Å². The third-order valence-corrected chi connectivity index (χ3v) is 9.82. The summed E-state index contributed by atoms with van der Waals surface area (Å²) in [6, 6.07) is 11.2. The summed E-state index contributed by atoms with van der Waals surface area (Å²) in [6.45, 7) is 2.87. The normalized spacial score (nSPS) is 27.3. The first-order chi connectivity index (χ1) is 20.4. The Hall–Kier alpha value is -3.34. The number of aromatic hydroxyl groups is 1. The zero-order valence-electron chi connectivity index (χ0n) is 23.0. The number of pyridine rings is 1. The van der Waals surface area contributed by atoms with Gasteiger partial charge in [0.2, 0.25) is 0 Å². The van der Waals surface area contributed by atoms with Gasteiger partial charge in [-0.3, -0.25) is 4.90 Å². The minimum atomic E-state index is -0.889. The third kappa shape index (κ3) is 4.26. The Morgan fingerprint density at radius 3 is 2.74 bits per heavy atom. The van der Waals surface area contributed by atoms with E-state index in [1.807, 2.05) is 24.3 Å². The highest BCUT2D eigenvalue weighted by Gasteiger charge is 2.49. The predicted octanol–water partition coefficient (Wildman–Crippen LogP) is 5.24. The van der Waals surface area contributed by atoms with Crippen LogP contribution in [0, 0.1) is 5.82 Å². The lowest BCUT2D eigenvalue weighted by molar-refractivity contribution is 0.107. The number of fused-ring (bicyclic) bond motifs is 5. The predicted molar refractivity (Wildman–Crippen MR) is 158 cm³/mol. The molecule has 0 spiro atoms. The number of benzene rings is 2. The topological polar surface area (TPSA) is 86.6 Å². The molecule has 0 radical (unpaired) electrons. The summed E-state index contributed by atoms with van der Waals surface area (Å²) in [4.78, 5) is 18.2. The molecule has 4 fully saturated rings. The van der Waals surface area contributed by atoms with E-state index in [4.69, 9.17) is 21.3 Å². The lowest BCUT2D eigenvalue weighted by atomic mass is 9.95. The summed E-state index contributed by atoms with van der Waals surface area (Å²) in [5.74, 6) is -0.178. The molecule has 218 valence electrons. The van der Waals surface area contributed by atoms with E-state index in [-0.39, 0.29) is 34.7 Å². The first kappa shape index (κ1) is 26.3. The van der Waals surface area contributed by atoms with Crippen molar-refractivity contribution in [2.75, 3.05) is 37.7 Å². The maximum Gasteiger partial charge on any atom is 0.319 e. The molecular formula is C31H31ClF2N6O2. The van der Waals surface area contributed by atoms with E-state index in [1.165, 1.54) is 6.07 Å². The van der Waals surface area contributed by atoms with Crippen LogP contribution >= 0.6 is 11.6 Å². The molecule has 42 heavy (non-hydrogen) atoms. The summed E-state index contributed by atoms with van der Waals surface area (Å²) in [7, 11) is 0. The highest BCUT2D eigenvalue weighted by molar-refractivity contribution is 6.35. The largest absolute Gasteiger partial charge is 0.508 e. The van der Waals surface area contributed by atoms with Crippen molar-refractivity contribution in [3.63, 3.8) is 0 Å². The van der Waals surface area contributed by atoms with Crippen LogP contribution in [0.2, 0.25) is 5.15 Å². The van der Waals surface area contributed by atoms with Crippen molar-refractivity contribution in [2.45, 2.75) is 55.9 Å². The molecule has 2 unspecified atom stereocenters. The van der Waals surface area contributed by atoms with Crippen LogP contribution in [0.4, 0.5) is 14.6 Å². The fraction of sp³-hybridized carbons (Fsp3) is 0.452. The monoisotopic (exact) mass is 592 g/mol. The van der Waals surface area contributed by atoms with Gasteiger partial charge in [0.05, 0.1) is 10.9 Å². The molecule has 4 aliphatic heterocycles. The zero-order chi connectivity index (χ0) is 28.6. The molecule has 11 heteroatoms. The second kappa shape index (κ2) is 9.86. The summed E-state index contributed by atoms with van der Waals surface area (Å²) >= 11 is 6.86. The van der Waals surface area contributed by atoms with Crippen LogP contribution in [0.3, 0.4) is 0 Å². The SMILES string of the molecule is Oc1cc(-c2nc(Cl)c3c(N4CC5CCC(C4)N5)nc(OC[C@@]45CCCN4C[C@H](F)C5)nc3c2F)c2ccccc2c1. The molecule has 2 N–H and O–H groups in total. The number of anilines is 1. The smallest absolute Gasteiger partial charge is 0.319 e. The van der Waals surface area contributed by atoms with Gasteiger partial charge < -0.3 is 20.1 Å². The molecule has 2 bridgehead atoms. The lowest BCUT2D eigenvalue weighted by Gasteiger charge is -2.34. The number of alkyl halides is 1. The second-order valence-corrected chi connectivity index (χ2v) is 12.6. The summed E-state index contributed by atoms with van der Waals surface area (Å²) < 4.78 is 37.3. The van der Waals surface area contributed by atoms with Crippen molar-refractivity contribution in [2.24, 2.45) is 0 Å². The van der Waals surface area contributed by atoms with Gasteiger partial charge in [0.15, 0.2) is 5.82 Å². The van der Waals surface area contributed by atoms with Crippen molar-refractivity contribution in [3.8, 4) is 23.0 Å². The number of nitrogens with one attached hydrogen (secondary N) is 1. The molecule has 0 amide bonds. The minimum Gasteiger partial charge on any atom is -0.508 e. The van der Waals surface area contributed by atoms with Gasteiger partial charge in [-0.1, -0.05) is 35.9 Å². The molecule has 0 aliphatic carbocycles. The van der Waals surface area contributed by atoms with Gasteiger partial charge in [0, 0.05) is 43.7 Å². The minimum absolute atomic E-state index is 0.00656. The van der Waals surface area contributed by atoms with Gasteiger partial charge in [0.1, 0.15) is 40.7 Å². The van der Waals surface area contributed by atoms with E-state index >= 15 is 4.39 Å². The van der Waals surface area contributed by atoms with Crippen molar-refractivity contribution in [3.05, 3.63) is 47.4 Å². The van der Waals surface area contributed by atoms with Crippen molar-refractivity contribution >= 4 is 39.1 Å². The molecule has 8 nitrogen and oxygen atoms in total. The van der Waals surface area contributed by atoms with Crippen molar-refractivity contribution in [1.29, 1.82) is 0 Å². The molecule has 4 atom stereocenters. The van der Waals surface area contributed by atoms with Gasteiger partial charge in [-0.15, -0.1) is 0 Å². The van der Waals surface area contributed by atoms with E-state index in [0.717, 1.165) is 43.0 Å². The Kier molecular flexibility index (Phi) is 6.17. The van der Waals surface area contributed by atoms with Gasteiger partial charge in [0.25, 0.3) is 0 Å². The van der Waals surface area contributed by atoms with E-state index in [2.05, 4.69) is 25.1 Å². The third-order valence-electron chi connectivity index (χ3n) is 9.55. The lowest BCUT2D eigenvalue weighted by Crippen LogP contribution is -2.51. The highest BCUT2D eigenvalue weighted by atomic mass is 35.5. The van der Waals surface area contributed by atoms with Crippen LogP contribution in [-0.4, -0.2) is 81.5 Å². The van der Waals surface area contributed by atoms with Crippen LogP contribution < -0.4 is 15.0 Å². The van der Waals surface area contributed by atoms with E-state index in [9.17, 15) is 9.50 Å². The number of hydrogen-bond donors (Lipinski definition) is 2. The Morgan fingerprint density at radius 2 is 1.90 bits per heavy atom. The van der Waals surface area contributed by atoms with Gasteiger partial charge in [-0.25, -0.2) is 13.8 Å². The number of nitrogens with zero attached hydrogens (tertiary/aromatic N) is 5. The molecule has 8 rings (SSSR count). The molecule has 0 saturated carbocycles. The Balaban J connectivity index is 1.27. The summed E-state index contributed by atoms with van der Waals surface area (Å²) in [5.41, 5.74) is 0.0211.